The molecule has 1 aliphatic heterocycles. The van der Waals surface area contributed by atoms with Gasteiger partial charge in [0.1, 0.15) is 5.75 Å². The van der Waals surface area contributed by atoms with E-state index in [2.05, 4.69) is 4.98 Å². The van der Waals surface area contributed by atoms with Crippen LogP contribution in [0.3, 0.4) is 0 Å². The Labute approximate surface area is 144 Å². The average molecular weight is 351 g/mol. The van der Waals surface area contributed by atoms with Crippen LogP contribution in [-0.2, 0) is 6.42 Å². The van der Waals surface area contributed by atoms with E-state index in [-0.39, 0.29) is 22.2 Å². The number of phenolic OH excluding ortho intramolecular Hbond substituents is 1. The van der Waals surface area contributed by atoms with Crippen LogP contribution in [-0.4, -0.2) is 34.0 Å². The number of nitrogens with zero attached hydrogens (tertiary/aromatic N) is 2. The maximum Gasteiger partial charge on any atom is 0.259 e. The summed E-state index contributed by atoms with van der Waals surface area (Å²) in [5.74, 6) is -0.0440. The van der Waals surface area contributed by atoms with Crippen molar-refractivity contribution in [2.75, 3.05) is 13.1 Å². The van der Waals surface area contributed by atoms with Crippen LogP contribution in [0, 0.1) is 5.92 Å². The second-order valence-corrected chi connectivity index (χ2v) is 6.60. The van der Waals surface area contributed by atoms with Crippen LogP contribution in [0.2, 0.25) is 10.0 Å². The number of likely N-dealkylation sites (tertiary alicyclic amines) is 1. The van der Waals surface area contributed by atoms with Gasteiger partial charge in [0.2, 0.25) is 0 Å². The first-order chi connectivity index (χ1) is 11.0. The minimum absolute atomic E-state index is 0.123. The van der Waals surface area contributed by atoms with Gasteiger partial charge in [-0.15, -0.1) is 0 Å². The van der Waals surface area contributed by atoms with Gasteiger partial charge in [-0.1, -0.05) is 29.3 Å². The topological polar surface area (TPSA) is 53.4 Å². The standard InChI is InChI=1S/C17H16Cl2N2O2/c18-13-7-14(19)16(15(22)8-13)17(23)21-5-3-12(10-21)6-11-2-1-4-20-9-11/h1-2,4,7-9,12,22H,3,5-6,10H2. The van der Waals surface area contributed by atoms with E-state index >= 15 is 0 Å². The first-order valence-electron chi connectivity index (χ1n) is 7.41. The highest BCUT2D eigenvalue weighted by atomic mass is 35.5. The number of pyridine rings is 1. The summed E-state index contributed by atoms with van der Waals surface area (Å²) in [6.45, 7) is 1.30. The molecule has 1 aliphatic rings. The van der Waals surface area contributed by atoms with Gasteiger partial charge < -0.3 is 10.0 Å². The number of phenols is 1. The zero-order chi connectivity index (χ0) is 16.4. The molecule has 1 aromatic carbocycles. The van der Waals surface area contributed by atoms with Gasteiger partial charge in [0, 0.05) is 30.5 Å². The molecule has 2 heterocycles. The Morgan fingerprint density at radius 2 is 2.22 bits per heavy atom. The van der Waals surface area contributed by atoms with Crippen molar-refractivity contribution in [1.82, 2.24) is 9.88 Å². The molecule has 1 unspecified atom stereocenters. The average Bonchev–Trinajstić information content (AvgIpc) is 2.95. The SMILES string of the molecule is O=C(c1c(O)cc(Cl)cc1Cl)N1CCC(Cc2cccnc2)C1. The Balaban J connectivity index is 1.71. The molecule has 1 amide bonds. The van der Waals surface area contributed by atoms with Crippen molar-refractivity contribution in [2.24, 2.45) is 5.92 Å². The van der Waals surface area contributed by atoms with Crippen molar-refractivity contribution in [3.8, 4) is 5.75 Å². The molecule has 1 saturated heterocycles. The molecule has 1 N–H and O–H groups in total. The van der Waals surface area contributed by atoms with Gasteiger partial charge in [-0.25, -0.2) is 0 Å². The van der Waals surface area contributed by atoms with Crippen LogP contribution in [0.25, 0.3) is 0 Å². The van der Waals surface area contributed by atoms with Gasteiger partial charge in [0.15, 0.2) is 0 Å². The summed E-state index contributed by atoms with van der Waals surface area (Å²) in [5, 5.41) is 10.5. The van der Waals surface area contributed by atoms with Crippen LogP contribution >= 0.6 is 23.2 Å². The highest BCUT2D eigenvalue weighted by Gasteiger charge is 2.29. The van der Waals surface area contributed by atoms with E-state index in [0.717, 1.165) is 12.8 Å². The third-order valence-electron chi connectivity index (χ3n) is 4.07. The number of aromatic nitrogens is 1. The fourth-order valence-electron chi connectivity index (χ4n) is 2.97. The van der Waals surface area contributed by atoms with Crippen molar-refractivity contribution >= 4 is 29.1 Å². The quantitative estimate of drug-likeness (QED) is 0.915. The molecule has 1 aromatic heterocycles. The second kappa shape index (κ2) is 6.77. The lowest BCUT2D eigenvalue weighted by molar-refractivity contribution is 0.0784. The molecular weight excluding hydrogens is 335 g/mol. The van der Waals surface area contributed by atoms with Crippen molar-refractivity contribution in [3.05, 3.63) is 57.8 Å². The molecule has 0 radical (unpaired) electrons. The van der Waals surface area contributed by atoms with Gasteiger partial charge in [-0.05, 0) is 42.5 Å². The molecule has 0 saturated carbocycles. The first-order valence-corrected chi connectivity index (χ1v) is 8.16. The molecule has 1 fully saturated rings. The van der Waals surface area contributed by atoms with Crippen LogP contribution < -0.4 is 0 Å². The lowest BCUT2D eigenvalue weighted by atomic mass is 10.00. The highest BCUT2D eigenvalue weighted by Crippen LogP contribution is 2.32. The molecular formula is C17H16Cl2N2O2. The first kappa shape index (κ1) is 16.1. The second-order valence-electron chi connectivity index (χ2n) is 5.75. The molecule has 3 rings (SSSR count). The fourth-order valence-corrected chi connectivity index (χ4v) is 3.53. The van der Waals surface area contributed by atoms with Crippen LogP contribution in [0.1, 0.15) is 22.3 Å². The number of hydrogen-bond acceptors (Lipinski definition) is 3. The number of aromatic hydroxyl groups is 1. The lowest BCUT2D eigenvalue weighted by Gasteiger charge is -2.18. The zero-order valence-electron chi connectivity index (χ0n) is 12.4. The van der Waals surface area contributed by atoms with Gasteiger partial charge in [-0.2, -0.15) is 0 Å². The largest absolute Gasteiger partial charge is 0.507 e. The Morgan fingerprint density at radius 1 is 1.39 bits per heavy atom. The van der Waals surface area contributed by atoms with Gasteiger partial charge in [0.05, 0.1) is 10.6 Å². The molecule has 120 valence electrons. The van der Waals surface area contributed by atoms with Crippen molar-refractivity contribution in [1.29, 1.82) is 0 Å². The highest BCUT2D eigenvalue weighted by molar-refractivity contribution is 6.37. The fraction of sp³-hybridized carbons (Fsp3) is 0.294. The van der Waals surface area contributed by atoms with E-state index in [9.17, 15) is 9.90 Å². The minimum Gasteiger partial charge on any atom is -0.507 e. The predicted octanol–water partition coefficient (Wildman–Crippen LogP) is 3.80. The normalized spacial score (nSPS) is 17.5. The van der Waals surface area contributed by atoms with Crippen LogP contribution in [0.4, 0.5) is 0 Å². The van der Waals surface area contributed by atoms with E-state index in [4.69, 9.17) is 23.2 Å². The Kier molecular flexibility index (Phi) is 4.74. The molecule has 1 atom stereocenters. The monoisotopic (exact) mass is 350 g/mol. The van der Waals surface area contributed by atoms with Crippen molar-refractivity contribution < 1.29 is 9.90 Å². The molecule has 0 aliphatic carbocycles. The Morgan fingerprint density at radius 3 is 2.91 bits per heavy atom. The van der Waals surface area contributed by atoms with E-state index < -0.39 is 0 Å². The summed E-state index contributed by atoms with van der Waals surface area (Å²) >= 11 is 11.9. The van der Waals surface area contributed by atoms with Gasteiger partial charge in [-0.3, -0.25) is 9.78 Å². The smallest absolute Gasteiger partial charge is 0.259 e. The molecule has 23 heavy (non-hydrogen) atoms. The van der Waals surface area contributed by atoms with E-state index in [1.165, 1.54) is 17.7 Å². The number of benzene rings is 1. The number of halogens is 2. The summed E-state index contributed by atoms with van der Waals surface area (Å²) in [6, 6.07) is 6.77. The number of carbonyl (C=O) groups excluding carboxylic acids is 1. The van der Waals surface area contributed by atoms with Gasteiger partial charge >= 0.3 is 0 Å². The summed E-state index contributed by atoms with van der Waals surface area (Å²) in [7, 11) is 0. The van der Waals surface area contributed by atoms with Crippen LogP contribution in [0.5, 0.6) is 5.75 Å². The van der Waals surface area contributed by atoms with Crippen molar-refractivity contribution in [2.45, 2.75) is 12.8 Å². The number of amides is 1. The maximum atomic E-state index is 12.6. The number of rotatable bonds is 3. The Bertz CT molecular complexity index is 699. The van der Waals surface area contributed by atoms with E-state index in [1.807, 2.05) is 18.3 Å². The maximum absolute atomic E-state index is 12.6. The molecule has 2 aromatic rings. The predicted molar refractivity (Wildman–Crippen MR) is 90.1 cm³/mol. The van der Waals surface area contributed by atoms with E-state index in [0.29, 0.717) is 24.0 Å². The van der Waals surface area contributed by atoms with Crippen molar-refractivity contribution in [3.63, 3.8) is 0 Å². The molecule has 0 bridgehead atoms. The number of carbonyl (C=O) groups is 1. The third kappa shape index (κ3) is 3.59. The third-order valence-corrected chi connectivity index (χ3v) is 4.58. The zero-order valence-corrected chi connectivity index (χ0v) is 13.9. The summed E-state index contributed by atoms with van der Waals surface area (Å²) in [4.78, 5) is 18.5. The summed E-state index contributed by atoms with van der Waals surface area (Å²) in [5.41, 5.74) is 1.29. The lowest BCUT2D eigenvalue weighted by Crippen LogP contribution is -2.29. The summed E-state index contributed by atoms with van der Waals surface area (Å²) < 4.78 is 0. The minimum atomic E-state index is -0.252. The molecule has 0 spiro atoms. The van der Waals surface area contributed by atoms with E-state index in [1.54, 1.807) is 11.1 Å². The van der Waals surface area contributed by atoms with Crippen LogP contribution in [0.15, 0.2) is 36.7 Å². The Hall–Kier alpha value is -1.78. The van der Waals surface area contributed by atoms with Gasteiger partial charge in [0.25, 0.3) is 5.91 Å². The molecule has 4 nitrogen and oxygen atoms in total. The summed E-state index contributed by atoms with van der Waals surface area (Å²) in [6.07, 6.45) is 5.41. The number of hydrogen-bond donors (Lipinski definition) is 1. The molecule has 6 heteroatoms.